The Kier molecular flexibility index (Phi) is 4.77. The quantitative estimate of drug-likeness (QED) is 0.744. The molecule has 0 bridgehead atoms. The van der Waals surface area contributed by atoms with Gasteiger partial charge in [0.05, 0.1) is 12.8 Å². The zero-order valence-corrected chi connectivity index (χ0v) is 13.7. The first-order chi connectivity index (χ1) is 11.7. The van der Waals surface area contributed by atoms with Crippen LogP contribution in [0.5, 0.6) is 5.75 Å². The largest absolute Gasteiger partial charge is 0.495 e. The molecule has 0 aliphatic heterocycles. The first-order valence-electron chi connectivity index (χ1n) is 7.26. The number of benzene rings is 2. The number of ether oxygens (including phenoxy) is 1. The van der Waals surface area contributed by atoms with Crippen molar-refractivity contribution < 1.29 is 4.74 Å². The van der Waals surface area contributed by atoms with Crippen molar-refractivity contribution in [3.8, 4) is 5.75 Å². The molecule has 2 N–H and O–H groups in total. The maximum atomic E-state index is 12.2. The van der Waals surface area contributed by atoms with Crippen LogP contribution in [0.3, 0.4) is 0 Å². The average molecular weight is 343 g/mol. The molecule has 0 amide bonds. The molecule has 7 heteroatoms. The number of halogens is 1. The summed E-state index contributed by atoms with van der Waals surface area (Å²) in [5.41, 5.74) is 1.67. The van der Waals surface area contributed by atoms with E-state index in [1.165, 1.54) is 0 Å². The number of hydrogen-bond donors (Lipinski definition) is 2. The minimum atomic E-state index is -0.294. The van der Waals surface area contributed by atoms with Crippen molar-refractivity contribution in [3.63, 3.8) is 0 Å². The van der Waals surface area contributed by atoms with E-state index in [1.807, 2.05) is 36.4 Å². The minimum Gasteiger partial charge on any atom is -0.495 e. The van der Waals surface area contributed by atoms with Crippen LogP contribution in [0.1, 0.15) is 11.3 Å². The van der Waals surface area contributed by atoms with Gasteiger partial charge in [-0.05, 0) is 29.8 Å². The van der Waals surface area contributed by atoms with Crippen LogP contribution in [0.2, 0.25) is 5.02 Å². The summed E-state index contributed by atoms with van der Waals surface area (Å²) in [4.78, 5) is 14.9. The molecule has 1 heterocycles. The van der Waals surface area contributed by atoms with Crippen molar-refractivity contribution in [1.29, 1.82) is 0 Å². The molecule has 1 aromatic heterocycles. The highest BCUT2D eigenvalue weighted by Crippen LogP contribution is 2.24. The SMILES string of the molecule is COc1ccccc1Nc1nnc(Cc2ccc(Cl)cc2)c(=O)[nH]1. The second-order valence-corrected chi connectivity index (χ2v) is 5.51. The summed E-state index contributed by atoms with van der Waals surface area (Å²) in [6, 6.07) is 14.6. The Morgan fingerprint density at radius 1 is 1.12 bits per heavy atom. The smallest absolute Gasteiger partial charge is 0.274 e. The fraction of sp³-hybridized carbons (Fsp3) is 0.118. The Hall–Kier alpha value is -2.86. The molecule has 0 saturated carbocycles. The topological polar surface area (TPSA) is 79.9 Å². The molecule has 0 radical (unpaired) electrons. The number of rotatable bonds is 5. The predicted molar refractivity (Wildman–Crippen MR) is 93.2 cm³/mol. The molecule has 0 spiro atoms. The number of anilines is 2. The lowest BCUT2D eigenvalue weighted by Crippen LogP contribution is -2.19. The maximum Gasteiger partial charge on any atom is 0.274 e. The molecule has 3 rings (SSSR count). The monoisotopic (exact) mass is 342 g/mol. The third-order valence-electron chi connectivity index (χ3n) is 3.41. The summed E-state index contributed by atoms with van der Waals surface area (Å²) in [7, 11) is 1.57. The van der Waals surface area contributed by atoms with Crippen molar-refractivity contribution in [3.05, 3.63) is 75.2 Å². The molecule has 2 aromatic carbocycles. The normalized spacial score (nSPS) is 10.4. The minimum absolute atomic E-state index is 0.254. The van der Waals surface area contributed by atoms with Crippen LogP contribution < -0.4 is 15.6 Å². The molecule has 0 atom stereocenters. The molecular formula is C17H15ClN4O2. The third kappa shape index (κ3) is 3.72. The highest BCUT2D eigenvalue weighted by molar-refractivity contribution is 6.30. The summed E-state index contributed by atoms with van der Waals surface area (Å²) in [5.74, 6) is 0.898. The van der Waals surface area contributed by atoms with Gasteiger partial charge in [-0.1, -0.05) is 35.9 Å². The lowest BCUT2D eigenvalue weighted by atomic mass is 10.1. The Morgan fingerprint density at radius 2 is 1.88 bits per heavy atom. The maximum absolute atomic E-state index is 12.2. The van der Waals surface area contributed by atoms with E-state index in [0.29, 0.717) is 28.6 Å². The van der Waals surface area contributed by atoms with E-state index in [4.69, 9.17) is 16.3 Å². The molecule has 0 unspecified atom stereocenters. The van der Waals surface area contributed by atoms with Gasteiger partial charge >= 0.3 is 0 Å². The molecular weight excluding hydrogens is 328 g/mol. The fourth-order valence-corrected chi connectivity index (χ4v) is 2.33. The van der Waals surface area contributed by atoms with Crippen molar-refractivity contribution >= 4 is 23.2 Å². The second kappa shape index (κ2) is 7.14. The number of nitrogens with zero attached hydrogens (tertiary/aromatic N) is 2. The molecule has 24 heavy (non-hydrogen) atoms. The van der Waals surface area contributed by atoms with E-state index in [2.05, 4.69) is 20.5 Å². The zero-order valence-electron chi connectivity index (χ0n) is 12.9. The number of H-pyrrole nitrogens is 1. The Morgan fingerprint density at radius 3 is 2.58 bits per heavy atom. The van der Waals surface area contributed by atoms with Crippen LogP contribution in [0.4, 0.5) is 11.6 Å². The first-order valence-corrected chi connectivity index (χ1v) is 7.64. The Bertz CT molecular complexity index is 894. The average Bonchev–Trinajstić information content (AvgIpc) is 2.60. The second-order valence-electron chi connectivity index (χ2n) is 5.08. The van der Waals surface area contributed by atoms with Gasteiger partial charge in [0.2, 0.25) is 5.95 Å². The van der Waals surface area contributed by atoms with Crippen LogP contribution in [0.25, 0.3) is 0 Å². The van der Waals surface area contributed by atoms with Gasteiger partial charge in [0.25, 0.3) is 5.56 Å². The predicted octanol–water partition coefficient (Wildman–Crippen LogP) is 3.16. The summed E-state index contributed by atoms with van der Waals surface area (Å²) in [6.07, 6.45) is 0.383. The highest BCUT2D eigenvalue weighted by atomic mass is 35.5. The fourth-order valence-electron chi connectivity index (χ4n) is 2.20. The molecule has 0 saturated heterocycles. The van der Waals surface area contributed by atoms with Gasteiger partial charge in [-0.2, -0.15) is 0 Å². The van der Waals surface area contributed by atoms with E-state index in [1.54, 1.807) is 19.2 Å². The van der Waals surface area contributed by atoms with Crippen LogP contribution in [0, 0.1) is 0 Å². The Labute approximate surface area is 143 Å². The summed E-state index contributed by atoms with van der Waals surface area (Å²) >= 11 is 5.85. The lowest BCUT2D eigenvalue weighted by Gasteiger charge is -2.09. The van der Waals surface area contributed by atoms with Gasteiger partial charge in [0, 0.05) is 11.4 Å². The van der Waals surface area contributed by atoms with Crippen LogP contribution in [-0.2, 0) is 6.42 Å². The van der Waals surface area contributed by atoms with E-state index < -0.39 is 0 Å². The van der Waals surface area contributed by atoms with E-state index >= 15 is 0 Å². The number of nitrogens with one attached hydrogen (secondary N) is 2. The molecule has 0 fully saturated rings. The van der Waals surface area contributed by atoms with Crippen LogP contribution >= 0.6 is 11.6 Å². The van der Waals surface area contributed by atoms with Gasteiger partial charge in [-0.3, -0.25) is 9.78 Å². The lowest BCUT2D eigenvalue weighted by molar-refractivity contribution is 0.417. The third-order valence-corrected chi connectivity index (χ3v) is 3.66. The number of aromatic nitrogens is 3. The molecule has 0 aliphatic carbocycles. The summed E-state index contributed by atoms with van der Waals surface area (Å²) in [5, 5.41) is 11.7. The zero-order chi connectivity index (χ0) is 16.9. The number of methoxy groups -OCH3 is 1. The van der Waals surface area contributed by atoms with E-state index in [9.17, 15) is 4.79 Å². The van der Waals surface area contributed by atoms with Gasteiger partial charge in [-0.25, -0.2) is 0 Å². The summed E-state index contributed by atoms with van der Waals surface area (Å²) in [6.45, 7) is 0. The number of aromatic amines is 1. The van der Waals surface area contributed by atoms with Crippen molar-refractivity contribution in [2.45, 2.75) is 6.42 Å². The Balaban J connectivity index is 1.79. The molecule has 6 nitrogen and oxygen atoms in total. The van der Waals surface area contributed by atoms with Crippen molar-refractivity contribution in [2.24, 2.45) is 0 Å². The van der Waals surface area contributed by atoms with Crippen molar-refractivity contribution in [2.75, 3.05) is 12.4 Å². The van der Waals surface area contributed by atoms with E-state index in [-0.39, 0.29) is 11.5 Å². The van der Waals surface area contributed by atoms with Crippen molar-refractivity contribution in [1.82, 2.24) is 15.2 Å². The van der Waals surface area contributed by atoms with Gasteiger partial charge in [-0.15, -0.1) is 10.2 Å². The van der Waals surface area contributed by atoms with E-state index in [0.717, 1.165) is 5.56 Å². The molecule has 3 aromatic rings. The first kappa shape index (κ1) is 16.0. The van der Waals surface area contributed by atoms with Crippen LogP contribution in [0.15, 0.2) is 53.3 Å². The standard InChI is InChI=1S/C17H15ClN4O2/c1-24-15-5-3-2-4-13(15)19-17-20-16(23)14(21-22-17)10-11-6-8-12(18)9-7-11/h2-9H,10H2,1H3,(H2,19,20,22,23). The van der Waals surface area contributed by atoms with Gasteiger partial charge in [0.15, 0.2) is 0 Å². The van der Waals surface area contributed by atoms with Gasteiger partial charge < -0.3 is 10.1 Å². The van der Waals surface area contributed by atoms with Gasteiger partial charge in [0.1, 0.15) is 11.4 Å². The highest BCUT2D eigenvalue weighted by Gasteiger charge is 2.08. The number of hydrogen-bond acceptors (Lipinski definition) is 5. The number of para-hydroxylation sites is 2. The molecule has 122 valence electrons. The summed E-state index contributed by atoms with van der Waals surface area (Å²) < 4.78 is 5.25. The molecule has 0 aliphatic rings. The van der Waals surface area contributed by atoms with Crippen LogP contribution in [-0.4, -0.2) is 22.3 Å².